The number of phenols is 1. The zero-order chi connectivity index (χ0) is 24.9. The van der Waals surface area contributed by atoms with Crippen LogP contribution in [0, 0.1) is 11.6 Å². The van der Waals surface area contributed by atoms with Gasteiger partial charge in [0.2, 0.25) is 0 Å². The molecule has 182 valence electrons. The van der Waals surface area contributed by atoms with Crippen LogP contribution in [0.15, 0.2) is 53.4 Å². The molecule has 1 fully saturated rings. The first-order valence-corrected chi connectivity index (χ1v) is 12.6. The van der Waals surface area contributed by atoms with Gasteiger partial charge in [0.15, 0.2) is 5.75 Å². The average molecular weight is 521 g/mol. The largest absolute Gasteiger partial charge is 0.505 e. The second-order valence-corrected chi connectivity index (χ2v) is 10.4. The van der Waals surface area contributed by atoms with Gasteiger partial charge in [0.25, 0.3) is 15.9 Å². The highest BCUT2D eigenvalue weighted by Gasteiger charge is 2.33. The number of hydrogen-bond donors (Lipinski definition) is 3. The molecule has 1 heterocycles. The molecule has 35 heavy (non-hydrogen) atoms. The van der Waals surface area contributed by atoms with Crippen LogP contribution in [0.1, 0.15) is 29.6 Å². The number of hydrogen-bond acceptors (Lipinski definition) is 5. The minimum atomic E-state index is -4.64. The van der Waals surface area contributed by atoms with Gasteiger partial charge in [0, 0.05) is 22.8 Å². The Kier molecular flexibility index (Phi) is 5.80. The zero-order valence-corrected chi connectivity index (χ0v) is 19.6. The number of nitrogens with one attached hydrogen (secondary N) is 2. The van der Waals surface area contributed by atoms with Gasteiger partial charge in [-0.05, 0) is 43.5 Å². The van der Waals surface area contributed by atoms with E-state index in [1.807, 2.05) is 4.72 Å². The van der Waals surface area contributed by atoms with Gasteiger partial charge >= 0.3 is 0 Å². The molecule has 5 rings (SSSR count). The van der Waals surface area contributed by atoms with Crippen LogP contribution in [0.25, 0.3) is 11.1 Å². The van der Waals surface area contributed by atoms with Crippen LogP contribution in [0.2, 0.25) is 5.02 Å². The van der Waals surface area contributed by atoms with Gasteiger partial charge in [-0.3, -0.25) is 9.52 Å². The maximum Gasteiger partial charge on any atom is 0.265 e. The Morgan fingerprint density at radius 1 is 1.03 bits per heavy atom. The van der Waals surface area contributed by atoms with Crippen molar-refractivity contribution in [3.05, 3.63) is 70.8 Å². The summed E-state index contributed by atoms with van der Waals surface area (Å²) in [5, 5.41) is 12.8. The van der Waals surface area contributed by atoms with Gasteiger partial charge in [0.05, 0.1) is 16.8 Å². The minimum absolute atomic E-state index is 0.0934. The van der Waals surface area contributed by atoms with Crippen molar-refractivity contribution in [1.29, 1.82) is 0 Å². The molecule has 0 aromatic heterocycles. The normalized spacial score (nSPS) is 20.8. The molecule has 3 aromatic carbocycles. The fraction of sp³-hybridized carbons (Fsp3) is 0.208. The van der Waals surface area contributed by atoms with Crippen LogP contribution >= 0.6 is 11.6 Å². The highest BCUT2D eigenvalue weighted by Crippen LogP contribution is 2.39. The van der Waals surface area contributed by atoms with Gasteiger partial charge in [-0.25, -0.2) is 17.2 Å². The molecule has 0 spiro atoms. The summed E-state index contributed by atoms with van der Waals surface area (Å²) in [6, 6.07) is 9.77. The molecule has 1 amide bonds. The summed E-state index contributed by atoms with van der Waals surface area (Å²) < 4.78 is 64.0. The van der Waals surface area contributed by atoms with E-state index in [4.69, 9.17) is 16.3 Å². The predicted octanol–water partition coefficient (Wildman–Crippen LogP) is 4.83. The fourth-order valence-corrected chi connectivity index (χ4v) is 5.86. The third kappa shape index (κ3) is 4.28. The topological polar surface area (TPSA) is 105 Å². The van der Waals surface area contributed by atoms with E-state index in [1.165, 1.54) is 0 Å². The van der Waals surface area contributed by atoms with Crippen molar-refractivity contribution >= 4 is 33.2 Å². The van der Waals surface area contributed by atoms with E-state index in [0.717, 1.165) is 24.6 Å². The Balaban J connectivity index is 1.74. The number of para-hydroxylation sites is 1. The third-order valence-corrected chi connectivity index (χ3v) is 7.77. The molecule has 7 nitrogen and oxygen atoms in total. The lowest BCUT2D eigenvalue weighted by Crippen LogP contribution is -2.42. The lowest BCUT2D eigenvalue weighted by molar-refractivity contribution is 0.0894. The Bertz CT molecular complexity index is 1460. The maximum absolute atomic E-state index is 14.9. The van der Waals surface area contributed by atoms with E-state index in [0.29, 0.717) is 24.7 Å². The summed E-state index contributed by atoms with van der Waals surface area (Å²) in [5.41, 5.74) is -0.488. The van der Waals surface area contributed by atoms with E-state index >= 15 is 0 Å². The van der Waals surface area contributed by atoms with Gasteiger partial charge in [-0.15, -0.1) is 0 Å². The van der Waals surface area contributed by atoms with Crippen molar-refractivity contribution < 1.29 is 31.8 Å². The van der Waals surface area contributed by atoms with Crippen LogP contribution in [0.4, 0.5) is 14.5 Å². The van der Waals surface area contributed by atoms with Crippen molar-refractivity contribution in [3.8, 4) is 22.6 Å². The van der Waals surface area contributed by atoms with Gasteiger partial charge in [-0.1, -0.05) is 29.8 Å². The number of carbonyl (C=O) groups excluding carboxylic acids is 1. The highest BCUT2D eigenvalue weighted by atomic mass is 35.5. The first-order valence-electron chi connectivity index (χ1n) is 10.8. The molecular formula is C24H19ClF2N2O5S. The Hall–Kier alpha value is -3.37. The minimum Gasteiger partial charge on any atom is -0.505 e. The molecule has 0 unspecified atom stereocenters. The number of anilines is 1. The number of sulfonamides is 1. The van der Waals surface area contributed by atoms with Crippen molar-refractivity contribution in [2.45, 2.75) is 36.3 Å². The number of benzene rings is 3. The van der Waals surface area contributed by atoms with Crippen LogP contribution in [0.5, 0.6) is 11.5 Å². The van der Waals surface area contributed by atoms with Gasteiger partial charge in [0.1, 0.15) is 28.4 Å². The summed E-state index contributed by atoms with van der Waals surface area (Å²) in [4.78, 5) is 12.3. The quantitative estimate of drug-likeness (QED) is 0.393. The predicted molar refractivity (Wildman–Crippen MR) is 125 cm³/mol. The lowest BCUT2D eigenvalue weighted by Gasteiger charge is -2.24. The van der Waals surface area contributed by atoms with Crippen molar-refractivity contribution in [3.63, 3.8) is 0 Å². The number of fused-ring (bicyclic) bond motifs is 7. The molecule has 1 aliphatic carbocycles. The van der Waals surface area contributed by atoms with E-state index in [9.17, 15) is 27.1 Å². The molecule has 4 bridgehead atoms. The smallest absolute Gasteiger partial charge is 0.265 e. The van der Waals surface area contributed by atoms with E-state index in [2.05, 4.69) is 5.32 Å². The molecule has 11 heteroatoms. The zero-order valence-electron chi connectivity index (χ0n) is 18.0. The fourth-order valence-electron chi connectivity index (χ4n) is 4.38. The van der Waals surface area contributed by atoms with Crippen LogP contribution < -0.4 is 14.8 Å². The first-order chi connectivity index (χ1) is 16.6. The number of phenolic OH excluding ortho intramolecular Hbond substituents is 1. The summed E-state index contributed by atoms with van der Waals surface area (Å²) in [6.45, 7) is 0. The summed E-state index contributed by atoms with van der Waals surface area (Å²) in [7, 11) is -4.64. The molecule has 2 atom stereocenters. The number of rotatable bonds is 0. The van der Waals surface area contributed by atoms with Crippen molar-refractivity contribution in [2.75, 3.05) is 4.72 Å². The number of carbonyl (C=O) groups is 1. The molecule has 0 saturated heterocycles. The molecule has 3 N–H and O–H groups in total. The molecule has 3 aromatic rings. The van der Waals surface area contributed by atoms with Crippen LogP contribution in [0.3, 0.4) is 0 Å². The number of aromatic hydroxyl groups is 1. The monoisotopic (exact) mass is 520 g/mol. The second kappa shape index (κ2) is 8.69. The number of ether oxygens (including phenoxy) is 1. The van der Waals surface area contributed by atoms with E-state index < -0.39 is 56.0 Å². The van der Waals surface area contributed by atoms with Gasteiger partial charge < -0.3 is 15.2 Å². The Morgan fingerprint density at radius 3 is 2.60 bits per heavy atom. The molecule has 1 saturated carbocycles. The molecule has 0 radical (unpaired) electrons. The van der Waals surface area contributed by atoms with Crippen LogP contribution in [-0.4, -0.2) is 31.6 Å². The Labute approximate surface area is 204 Å². The summed E-state index contributed by atoms with van der Waals surface area (Å²) in [5.74, 6) is -3.23. The third-order valence-electron chi connectivity index (χ3n) is 6.11. The average Bonchev–Trinajstić information content (AvgIpc) is 3.23. The maximum atomic E-state index is 14.9. The number of halogens is 3. The molecule has 1 aliphatic heterocycles. The Morgan fingerprint density at radius 2 is 1.80 bits per heavy atom. The molecular weight excluding hydrogens is 502 g/mol. The first kappa shape index (κ1) is 23.4. The lowest BCUT2D eigenvalue weighted by atomic mass is 10.0. The van der Waals surface area contributed by atoms with Crippen LogP contribution in [-0.2, 0) is 10.0 Å². The SMILES string of the molecule is O=C1N[C@@H]2CCC[C@@H]2Oc2ccccc2-c2cc(c(F)cc2F)NS(=O)(=O)c2cc1cc(Cl)c2O. The van der Waals surface area contributed by atoms with Crippen molar-refractivity contribution in [1.82, 2.24) is 5.32 Å². The highest BCUT2D eigenvalue weighted by molar-refractivity contribution is 7.92. The molecule has 2 aliphatic rings. The van der Waals surface area contributed by atoms with E-state index in [1.54, 1.807) is 24.3 Å². The number of amides is 1. The van der Waals surface area contributed by atoms with Gasteiger partial charge in [-0.2, -0.15) is 0 Å². The second-order valence-electron chi connectivity index (χ2n) is 8.39. The standard InChI is InChI=1S/C24H19ClF2N2O5S/c25-15-8-12-9-22(23(15)30)35(32,33)29-19-10-14(16(26)11-17(19)27)13-4-1-2-6-20(13)34-21-7-3-5-18(21)28-24(12)31/h1-2,4,6,8-11,18,21,29-30H,3,5,7H2,(H,28,31)/t18-,21+/m1/s1. The van der Waals surface area contributed by atoms with Crippen molar-refractivity contribution in [2.24, 2.45) is 0 Å². The van der Waals surface area contributed by atoms with E-state index in [-0.39, 0.29) is 21.7 Å². The summed E-state index contributed by atoms with van der Waals surface area (Å²) >= 11 is 6.02. The summed E-state index contributed by atoms with van der Waals surface area (Å²) in [6.07, 6.45) is 1.54.